The molecule has 0 aromatic heterocycles. The van der Waals surface area contributed by atoms with Crippen LogP contribution in [-0.2, 0) is 10.0 Å². The Morgan fingerprint density at radius 1 is 1.45 bits per heavy atom. The van der Waals surface area contributed by atoms with Crippen LogP contribution in [0.2, 0.25) is 0 Å². The summed E-state index contributed by atoms with van der Waals surface area (Å²) in [5.74, 6) is -0.262. The second-order valence-electron chi connectivity index (χ2n) is 5.91. The van der Waals surface area contributed by atoms with Crippen LogP contribution in [0.25, 0.3) is 0 Å². The molecule has 1 fully saturated rings. The van der Waals surface area contributed by atoms with Gasteiger partial charge in [0, 0.05) is 25.7 Å². The third-order valence-corrected chi connectivity index (χ3v) is 6.18. The number of nitrogens with zero attached hydrogens (tertiary/aromatic N) is 2. The van der Waals surface area contributed by atoms with Crippen LogP contribution < -0.4 is 4.74 Å². The summed E-state index contributed by atoms with van der Waals surface area (Å²) >= 11 is 0. The Hall–Kier alpha value is -1.18. The Morgan fingerprint density at radius 3 is 2.68 bits per heavy atom. The van der Waals surface area contributed by atoms with Crippen molar-refractivity contribution in [3.8, 4) is 5.75 Å². The van der Waals surface area contributed by atoms with Gasteiger partial charge in [-0.15, -0.1) is 0 Å². The average Bonchev–Trinajstić information content (AvgIpc) is 2.86. The fourth-order valence-electron chi connectivity index (χ4n) is 2.88. The van der Waals surface area contributed by atoms with Crippen molar-refractivity contribution in [3.05, 3.63) is 23.5 Å². The van der Waals surface area contributed by atoms with E-state index in [4.69, 9.17) is 4.74 Å². The second kappa shape index (κ2) is 6.52. The zero-order chi connectivity index (χ0) is 16.5. The number of rotatable bonds is 5. The van der Waals surface area contributed by atoms with Gasteiger partial charge in [-0.2, -0.15) is 0 Å². The molecular weight excluding hydrogens is 307 g/mol. The van der Waals surface area contributed by atoms with Crippen LogP contribution in [0, 0.1) is 18.7 Å². The van der Waals surface area contributed by atoms with Crippen LogP contribution in [0.4, 0.5) is 4.39 Å². The lowest BCUT2D eigenvalue weighted by Gasteiger charge is -2.22. The Kier molecular flexibility index (Phi) is 5.09. The zero-order valence-corrected chi connectivity index (χ0v) is 14.3. The molecule has 1 aliphatic heterocycles. The minimum absolute atomic E-state index is 0.000323. The van der Waals surface area contributed by atoms with Gasteiger partial charge >= 0.3 is 0 Å². The van der Waals surface area contributed by atoms with Crippen molar-refractivity contribution in [1.29, 1.82) is 0 Å². The van der Waals surface area contributed by atoms with Gasteiger partial charge in [-0.05, 0) is 45.0 Å². The minimum atomic E-state index is -3.70. The predicted octanol–water partition coefficient (Wildman–Crippen LogP) is 1.71. The van der Waals surface area contributed by atoms with Crippen molar-refractivity contribution in [2.45, 2.75) is 18.2 Å². The molecule has 5 nitrogen and oxygen atoms in total. The maximum absolute atomic E-state index is 14.1. The van der Waals surface area contributed by atoms with Gasteiger partial charge in [0.1, 0.15) is 0 Å². The fourth-order valence-corrected chi connectivity index (χ4v) is 4.34. The first-order valence-electron chi connectivity index (χ1n) is 7.25. The van der Waals surface area contributed by atoms with Gasteiger partial charge in [0.15, 0.2) is 11.6 Å². The summed E-state index contributed by atoms with van der Waals surface area (Å²) in [5, 5.41) is 0. The molecule has 0 spiro atoms. The van der Waals surface area contributed by atoms with Crippen LogP contribution in [-0.4, -0.2) is 58.5 Å². The smallest absolute Gasteiger partial charge is 0.243 e. The number of halogens is 1. The third-order valence-electron chi connectivity index (χ3n) is 4.21. The van der Waals surface area contributed by atoms with Gasteiger partial charge < -0.3 is 9.64 Å². The number of benzene rings is 1. The molecule has 0 radical (unpaired) electrons. The van der Waals surface area contributed by atoms with Crippen molar-refractivity contribution in [1.82, 2.24) is 9.21 Å². The largest absolute Gasteiger partial charge is 0.494 e. The van der Waals surface area contributed by atoms with Crippen molar-refractivity contribution < 1.29 is 17.5 Å². The molecule has 0 bridgehead atoms. The van der Waals surface area contributed by atoms with Gasteiger partial charge in [-0.1, -0.05) is 0 Å². The highest BCUT2D eigenvalue weighted by molar-refractivity contribution is 7.89. The fraction of sp³-hybridized carbons (Fsp3) is 0.600. The highest BCUT2D eigenvalue weighted by Gasteiger charge is 2.29. The maximum atomic E-state index is 14.1. The lowest BCUT2D eigenvalue weighted by atomic mass is 10.1. The Bertz CT molecular complexity index is 648. The van der Waals surface area contributed by atoms with Gasteiger partial charge in [-0.3, -0.25) is 0 Å². The normalized spacial score (nSPS) is 19.8. The first-order valence-corrected chi connectivity index (χ1v) is 8.69. The maximum Gasteiger partial charge on any atom is 0.243 e. The van der Waals surface area contributed by atoms with Crippen molar-refractivity contribution in [2.75, 3.05) is 40.8 Å². The monoisotopic (exact) mass is 330 g/mol. The molecule has 0 unspecified atom stereocenters. The lowest BCUT2D eigenvalue weighted by Crippen LogP contribution is -2.33. The van der Waals surface area contributed by atoms with Crippen LogP contribution in [0.1, 0.15) is 12.0 Å². The Morgan fingerprint density at radius 2 is 2.14 bits per heavy atom. The predicted molar refractivity (Wildman–Crippen MR) is 83.1 cm³/mol. The number of likely N-dealkylation sites (tertiary alicyclic amines) is 1. The van der Waals surface area contributed by atoms with E-state index >= 15 is 0 Å². The molecule has 0 aliphatic carbocycles. The van der Waals surface area contributed by atoms with E-state index in [2.05, 4.69) is 4.90 Å². The average molecular weight is 330 g/mol. The summed E-state index contributed by atoms with van der Waals surface area (Å²) in [6.45, 7) is 3.77. The zero-order valence-electron chi connectivity index (χ0n) is 13.5. The van der Waals surface area contributed by atoms with Crippen LogP contribution in [0.3, 0.4) is 0 Å². The topological polar surface area (TPSA) is 49.9 Å². The Balaban J connectivity index is 2.24. The molecule has 1 aliphatic rings. The summed E-state index contributed by atoms with van der Waals surface area (Å²) in [6, 6.07) is 2.76. The highest BCUT2D eigenvalue weighted by atomic mass is 32.2. The van der Waals surface area contributed by atoms with E-state index < -0.39 is 15.8 Å². The quantitative estimate of drug-likeness (QED) is 0.825. The van der Waals surface area contributed by atoms with Crippen LogP contribution >= 0.6 is 0 Å². The molecule has 1 atom stereocenters. The highest BCUT2D eigenvalue weighted by Crippen LogP contribution is 2.28. The Labute approximate surface area is 131 Å². The van der Waals surface area contributed by atoms with Gasteiger partial charge in [0.25, 0.3) is 0 Å². The summed E-state index contributed by atoms with van der Waals surface area (Å²) in [4.78, 5) is 2.18. The van der Waals surface area contributed by atoms with E-state index in [-0.39, 0.29) is 16.2 Å². The third kappa shape index (κ3) is 3.26. The van der Waals surface area contributed by atoms with Crippen molar-refractivity contribution >= 4 is 10.0 Å². The van der Waals surface area contributed by atoms with E-state index in [0.29, 0.717) is 12.5 Å². The lowest BCUT2D eigenvalue weighted by molar-refractivity contribution is 0.356. The number of methoxy groups -OCH3 is 1. The number of sulfonamides is 1. The molecule has 2 rings (SSSR count). The van der Waals surface area contributed by atoms with E-state index in [9.17, 15) is 12.8 Å². The van der Waals surface area contributed by atoms with Gasteiger partial charge in [0.05, 0.1) is 12.0 Å². The van der Waals surface area contributed by atoms with E-state index in [1.165, 1.54) is 30.5 Å². The second-order valence-corrected chi connectivity index (χ2v) is 7.92. The first kappa shape index (κ1) is 17.2. The van der Waals surface area contributed by atoms with Crippen LogP contribution in [0.5, 0.6) is 5.75 Å². The molecule has 0 amide bonds. The van der Waals surface area contributed by atoms with Crippen molar-refractivity contribution in [3.63, 3.8) is 0 Å². The summed E-state index contributed by atoms with van der Waals surface area (Å²) in [6.07, 6.45) is 0.978. The molecule has 1 aromatic carbocycles. The van der Waals surface area contributed by atoms with E-state index in [1.54, 1.807) is 7.05 Å². The van der Waals surface area contributed by atoms with Gasteiger partial charge in [-0.25, -0.2) is 17.1 Å². The van der Waals surface area contributed by atoms with Crippen LogP contribution in [0.15, 0.2) is 17.0 Å². The molecule has 7 heteroatoms. The molecule has 22 heavy (non-hydrogen) atoms. The summed E-state index contributed by atoms with van der Waals surface area (Å²) in [7, 11) is 1.23. The minimum Gasteiger partial charge on any atom is -0.494 e. The van der Waals surface area contributed by atoms with Gasteiger partial charge in [0.2, 0.25) is 10.0 Å². The van der Waals surface area contributed by atoms with E-state index in [0.717, 1.165) is 19.5 Å². The SMILES string of the molecule is COc1ccc(S(=O)(=O)N(C)C[C@@H]2CCN(C)C2)c(C)c1F. The standard InChI is InChI=1S/C15H23FN2O3S/c1-11-14(6-5-13(21-4)15(11)16)22(19,20)18(3)10-12-7-8-17(2)9-12/h5-6,12H,7-10H2,1-4H3/t12-/m1/s1. The molecule has 124 valence electrons. The number of hydrogen-bond donors (Lipinski definition) is 0. The number of ether oxygens (including phenoxy) is 1. The molecular formula is C15H23FN2O3S. The molecule has 1 aromatic rings. The molecule has 1 saturated heterocycles. The number of hydrogen-bond acceptors (Lipinski definition) is 4. The molecule has 0 saturated carbocycles. The summed E-state index contributed by atoms with van der Waals surface area (Å²) in [5.41, 5.74) is 0.0924. The first-order chi connectivity index (χ1) is 10.3. The molecule has 1 heterocycles. The van der Waals surface area contributed by atoms with Crippen molar-refractivity contribution in [2.24, 2.45) is 5.92 Å². The summed E-state index contributed by atoms with van der Waals surface area (Å²) < 4.78 is 45.7. The molecule has 0 N–H and O–H groups in total. The van der Waals surface area contributed by atoms with E-state index in [1.807, 2.05) is 7.05 Å².